The zero-order chi connectivity index (χ0) is 12.6. The monoisotopic (exact) mass is 294 g/mol. The summed E-state index contributed by atoms with van der Waals surface area (Å²) in [5, 5.41) is 0. The van der Waals surface area contributed by atoms with E-state index in [4.69, 9.17) is 11.6 Å². The van der Waals surface area contributed by atoms with Crippen LogP contribution < -0.4 is 4.72 Å². The Labute approximate surface area is 110 Å². The second-order valence-corrected chi connectivity index (χ2v) is 8.07. The third-order valence-corrected chi connectivity index (χ3v) is 6.38. The lowest BCUT2D eigenvalue weighted by atomic mass is 10.1. The predicted octanol–water partition coefficient (Wildman–Crippen LogP) is 2.57. The van der Waals surface area contributed by atoms with Gasteiger partial charge in [0, 0.05) is 6.04 Å². The van der Waals surface area contributed by atoms with E-state index in [1.54, 1.807) is 6.92 Å². The largest absolute Gasteiger partial charge is 0.252 e. The van der Waals surface area contributed by atoms with E-state index in [0.29, 0.717) is 11.6 Å². The molecule has 17 heavy (non-hydrogen) atoms. The van der Waals surface area contributed by atoms with Crippen LogP contribution in [-0.4, -0.2) is 19.4 Å². The minimum atomic E-state index is -3.46. The first-order valence-electron chi connectivity index (χ1n) is 5.54. The number of hydrogen-bond donors (Lipinski definition) is 1. The number of sulfonamides is 1. The molecule has 7 heteroatoms. The Hall–Kier alpha value is -0.170. The van der Waals surface area contributed by atoms with Crippen LogP contribution in [0.2, 0.25) is 4.47 Å². The maximum absolute atomic E-state index is 12.1. The molecule has 0 aliphatic heterocycles. The van der Waals surface area contributed by atoms with Gasteiger partial charge in [-0.2, -0.15) is 0 Å². The summed E-state index contributed by atoms with van der Waals surface area (Å²) in [4.78, 5) is 3.93. The molecule has 1 N–H and O–H groups in total. The SMILES string of the molecule is Cc1nc(Cl)sc1S(=O)(=O)NC1CCC(C)C1. The zero-order valence-electron chi connectivity index (χ0n) is 9.73. The Morgan fingerprint density at radius 2 is 2.18 bits per heavy atom. The molecule has 0 saturated heterocycles. The number of nitrogens with one attached hydrogen (secondary N) is 1. The normalized spacial score (nSPS) is 25.4. The molecule has 2 rings (SSSR count). The topological polar surface area (TPSA) is 59.1 Å². The van der Waals surface area contributed by atoms with Gasteiger partial charge in [-0.1, -0.05) is 29.9 Å². The molecular weight excluding hydrogens is 280 g/mol. The number of aromatic nitrogens is 1. The van der Waals surface area contributed by atoms with Crippen LogP contribution in [0.4, 0.5) is 0 Å². The lowest BCUT2D eigenvalue weighted by molar-refractivity contribution is 0.539. The Balaban J connectivity index is 2.17. The van der Waals surface area contributed by atoms with Gasteiger partial charge in [-0.3, -0.25) is 0 Å². The van der Waals surface area contributed by atoms with Gasteiger partial charge < -0.3 is 0 Å². The summed E-state index contributed by atoms with van der Waals surface area (Å²) in [6.45, 7) is 3.80. The highest BCUT2D eigenvalue weighted by atomic mass is 35.5. The van der Waals surface area contributed by atoms with Gasteiger partial charge in [0.05, 0.1) is 5.69 Å². The highest BCUT2D eigenvalue weighted by Crippen LogP contribution is 2.29. The Kier molecular flexibility index (Phi) is 3.77. The van der Waals surface area contributed by atoms with Crippen LogP contribution in [0.25, 0.3) is 0 Å². The van der Waals surface area contributed by atoms with Crippen molar-refractivity contribution in [2.45, 2.75) is 43.4 Å². The van der Waals surface area contributed by atoms with Crippen LogP contribution in [0.1, 0.15) is 31.9 Å². The molecule has 1 saturated carbocycles. The quantitative estimate of drug-likeness (QED) is 0.932. The molecule has 0 spiro atoms. The van der Waals surface area contributed by atoms with E-state index in [-0.39, 0.29) is 14.7 Å². The van der Waals surface area contributed by atoms with Crippen LogP contribution >= 0.6 is 22.9 Å². The van der Waals surface area contributed by atoms with Gasteiger partial charge in [0.2, 0.25) is 0 Å². The van der Waals surface area contributed by atoms with Crippen molar-refractivity contribution in [3.63, 3.8) is 0 Å². The van der Waals surface area contributed by atoms with Crippen molar-refractivity contribution >= 4 is 33.0 Å². The number of thiazole rings is 1. The molecule has 0 bridgehead atoms. The first kappa shape index (κ1) is 13.3. The highest BCUT2D eigenvalue weighted by molar-refractivity contribution is 7.91. The average Bonchev–Trinajstić information content (AvgIpc) is 2.72. The van der Waals surface area contributed by atoms with E-state index < -0.39 is 10.0 Å². The van der Waals surface area contributed by atoms with Gasteiger partial charge in [0.25, 0.3) is 10.0 Å². The molecule has 0 radical (unpaired) electrons. The maximum atomic E-state index is 12.1. The molecule has 4 nitrogen and oxygen atoms in total. The molecule has 1 fully saturated rings. The Bertz CT molecular complexity index is 512. The van der Waals surface area contributed by atoms with E-state index in [1.165, 1.54) is 0 Å². The molecule has 1 aliphatic rings. The van der Waals surface area contributed by atoms with Crippen LogP contribution in [0.3, 0.4) is 0 Å². The maximum Gasteiger partial charge on any atom is 0.252 e. The molecule has 1 aromatic rings. The van der Waals surface area contributed by atoms with Crippen molar-refractivity contribution in [3.8, 4) is 0 Å². The van der Waals surface area contributed by atoms with Crippen molar-refractivity contribution in [1.82, 2.24) is 9.71 Å². The van der Waals surface area contributed by atoms with Gasteiger partial charge in [0.15, 0.2) is 8.68 Å². The van der Waals surface area contributed by atoms with E-state index in [0.717, 1.165) is 30.6 Å². The lowest BCUT2D eigenvalue weighted by Gasteiger charge is -2.11. The first-order valence-corrected chi connectivity index (χ1v) is 8.21. The standard InChI is InChI=1S/C10H15ClN2O2S2/c1-6-3-4-8(5-6)13-17(14,15)9-7(2)12-10(11)16-9/h6,8,13H,3-5H2,1-2H3. The molecule has 0 aromatic carbocycles. The fourth-order valence-electron chi connectivity index (χ4n) is 2.19. The van der Waals surface area contributed by atoms with Gasteiger partial charge in [-0.15, -0.1) is 0 Å². The third kappa shape index (κ3) is 2.99. The Morgan fingerprint density at radius 3 is 2.65 bits per heavy atom. The second-order valence-electron chi connectivity index (χ2n) is 4.58. The highest BCUT2D eigenvalue weighted by Gasteiger charge is 2.28. The summed E-state index contributed by atoms with van der Waals surface area (Å²) in [5.74, 6) is 0.592. The minimum Gasteiger partial charge on any atom is -0.229 e. The number of rotatable bonds is 3. The summed E-state index contributed by atoms with van der Waals surface area (Å²) in [5.41, 5.74) is 0.471. The van der Waals surface area contributed by atoms with Crippen molar-refractivity contribution in [2.75, 3.05) is 0 Å². The summed E-state index contributed by atoms with van der Waals surface area (Å²) in [7, 11) is -3.46. The molecule has 0 amide bonds. The average molecular weight is 295 g/mol. The Morgan fingerprint density at radius 1 is 1.47 bits per heavy atom. The van der Waals surface area contributed by atoms with Gasteiger partial charge in [-0.25, -0.2) is 18.1 Å². The van der Waals surface area contributed by atoms with Gasteiger partial charge in [-0.05, 0) is 32.1 Å². The minimum absolute atomic E-state index is 0.0512. The van der Waals surface area contributed by atoms with E-state index in [9.17, 15) is 8.42 Å². The number of nitrogens with zero attached hydrogens (tertiary/aromatic N) is 1. The van der Waals surface area contributed by atoms with Crippen LogP contribution in [0.15, 0.2) is 4.21 Å². The second kappa shape index (κ2) is 4.84. The molecule has 1 aliphatic carbocycles. The van der Waals surface area contributed by atoms with E-state index in [2.05, 4.69) is 16.6 Å². The van der Waals surface area contributed by atoms with Crippen molar-refractivity contribution < 1.29 is 8.42 Å². The molecule has 2 atom stereocenters. The molecule has 1 heterocycles. The summed E-state index contributed by atoms with van der Waals surface area (Å²) < 4.78 is 27.5. The zero-order valence-corrected chi connectivity index (χ0v) is 12.1. The predicted molar refractivity (Wildman–Crippen MR) is 69.0 cm³/mol. The number of hydrogen-bond acceptors (Lipinski definition) is 4. The fourth-order valence-corrected chi connectivity index (χ4v) is 5.23. The summed E-state index contributed by atoms with van der Waals surface area (Å²) in [6.07, 6.45) is 2.90. The number of halogens is 1. The van der Waals surface area contributed by atoms with Crippen LogP contribution in [0.5, 0.6) is 0 Å². The van der Waals surface area contributed by atoms with Crippen LogP contribution in [-0.2, 0) is 10.0 Å². The van der Waals surface area contributed by atoms with Crippen LogP contribution in [0, 0.1) is 12.8 Å². The van der Waals surface area contributed by atoms with E-state index in [1.807, 2.05) is 0 Å². The third-order valence-electron chi connectivity index (χ3n) is 2.99. The summed E-state index contributed by atoms with van der Waals surface area (Å²) in [6, 6.07) is 0.0512. The van der Waals surface area contributed by atoms with Crippen molar-refractivity contribution in [2.24, 2.45) is 5.92 Å². The van der Waals surface area contributed by atoms with Gasteiger partial charge >= 0.3 is 0 Å². The number of aryl methyl sites for hydroxylation is 1. The van der Waals surface area contributed by atoms with Gasteiger partial charge in [0.1, 0.15) is 0 Å². The summed E-state index contributed by atoms with van der Waals surface area (Å²) >= 11 is 6.74. The molecule has 1 aromatic heterocycles. The van der Waals surface area contributed by atoms with E-state index >= 15 is 0 Å². The van der Waals surface area contributed by atoms with Crippen molar-refractivity contribution in [3.05, 3.63) is 10.2 Å². The van der Waals surface area contributed by atoms with Crippen molar-refractivity contribution in [1.29, 1.82) is 0 Å². The first-order chi connectivity index (χ1) is 7.88. The fraction of sp³-hybridized carbons (Fsp3) is 0.700. The lowest BCUT2D eigenvalue weighted by Crippen LogP contribution is -2.32. The molecule has 2 unspecified atom stereocenters. The smallest absolute Gasteiger partial charge is 0.229 e. The molecular formula is C10H15ClN2O2S2. The molecule has 96 valence electrons.